The first-order chi connectivity index (χ1) is 15.1. The first kappa shape index (κ1) is 21.1. The molecule has 0 amide bonds. The van der Waals surface area contributed by atoms with Crippen LogP contribution in [0.2, 0.25) is 0 Å². The summed E-state index contributed by atoms with van der Waals surface area (Å²) >= 11 is 0. The van der Waals surface area contributed by atoms with Crippen LogP contribution in [0.5, 0.6) is 0 Å². The van der Waals surface area contributed by atoms with E-state index in [9.17, 15) is 4.79 Å². The number of ether oxygens (including phenoxy) is 1. The van der Waals surface area contributed by atoms with Gasteiger partial charge >= 0.3 is 5.97 Å². The van der Waals surface area contributed by atoms with E-state index >= 15 is 0 Å². The molecule has 1 aliphatic heterocycles. The van der Waals surface area contributed by atoms with Gasteiger partial charge < -0.3 is 14.2 Å². The predicted molar refractivity (Wildman–Crippen MR) is 125 cm³/mol. The smallest absolute Gasteiger partial charge is 0.310 e. The fourth-order valence-corrected chi connectivity index (χ4v) is 6.67. The molecule has 1 saturated carbocycles. The summed E-state index contributed by atoms with van der Waals surface area (Å²) in [5, 5.41) is 1.46. The van der Waals surface area contributed by atoms with Gasteiger partial charge in [0.15, 0.2) is 0 Å². The standard InChI is InChI=1S/C27H38N2O2/c1-4-20(5-2)29-17-18-15-25-23(22-12-9-13-24(29)26(18)22)14-19(16-28(25)3)27(30)31-21-10-7-6-8-11-21/h9,12-13,17,19-21,23,25H,4-8,10-11,14-16H2,1-3H3/t19-,23?,25?/m1/s1. The van der Waals surface area contributed by atoms with Crippen molar-refractivity contribution < 1.29 is 9.53 Å². The van der Waals surface area contributed by atoms with Crippen LogP contribution in [0.4, 0.5) is 0 Å². The highest BCUT2D eigenvalue weighted by atomic mass is 16.5. The van der Waals surface area contributed by atoms with Crippen molar-refractivity contribution >= 4 is 16.9 Å². The molecule has 2 fully saturated rings. The van der Waals surface area contributed by atoms with Crippen LogP contribution in [0.25, 0.3) is 10.9 Å². The van der Waals surface area contributed by atoms with Crippen molar-refractivity contribution in [1.29, 1.82) is 0 Å². The number of rotatable bonds is 5. The summed E-state index contributed by atoms with van der Waals surface area (Å²) in [7, 11) is 2.21. The minimum atomic E-state index is -0.00824. The van der Waals surface area contributed by atoms with Crippen molar-refractivity contribution in [3.63, 3.8) is 0 Å². The molecule has 1 aromatic heterocycles. The van der Waals surface area contributed by atoms with Crippen molar-refractivity contribution in [2.45, 2.75) is 95.7 Å². The molecule has 2 heterocycles. The number of nitrogens with zero attached hydrogens (tertiary/aromatic N) is 2. The van der Waals surface area contributed by atoms with Gasteiger partial charge in [0, 0.05) is 41.6 Å². The minimum absolute atomic E-state index is 0.00824. The SMILES string of the molecule is CCC(CC)n1cc2c3c(cccc31)C1C[C@@H](C(=O)OC3CCCCC3)CN(C)C1C2. The highest BCUT2D eigenvalue weighted by Crippen LogP contribution is 2.46. The van der Waals surface area contributed by atoms with Gasteiger partial charge in [-0.3, -0.25) is 4.79 Å². The molecular weight excluding hydrogens is 384 g/mol. The Kier molecular flexibility index (Phi) is 5.85. The van der Waals surface area contributed by atoms with Gasteiger partial charge in [-0.2, -0.15) is 0 Å². The number of carbonyl (C=O) groups is 1. The average Bonchev–Trinajstić information content (AvgIpc) is 3.15. The van der Waals surface area contributed by atoms with Crippen molar-refractivity contribution in [3.05, 3.63) is 35.5 Å². The molecule has 1 saturated heterocycles. The van der Waals surface area contributed by atoms with E-state index in [1.54, 1.807) is 0 Å². The molecule has 4 nitrogen and oxygen atoms in total. The molecule has 168 valence electrons. The molecule has 3 atom stereocenters. The maximum atomic E-state index is 13.1. The maximum Gasteiger partial charge on any atom is 0.310 e. The number of piperidine rings is 1. The third-order valence-corrected chi connectivity index (χ3v) is 8.38. The van der Waals surface area contributed by atoms with Crippen LogP contribution in [-0.2, 0) is 16.0 Å². The Balaban J connectivity index is 1.44. The molecule has 0 spiro atoms. The van der Waals surface area contributed by atoms with Crippen LogP contribution in [0, 0.1) is 5.92 Å². The van der Waals surface area contributed by atoms with E-state index in [0.717, 1.165) is 45.1 Å². The van der Waals surface area contributed by atoms with Crippen LogP contribution in [0.1, 0.15) is 88.3 Å². The molecule has 1 aromatic carbocycles. The molecule has 0 bridgehead atoms. The van der Waals surface area contributed by atoms with Gasteiger partial charge in [0.25, 0.3) is 0 Å². The highest BCUT2D eigenvalue weighted by Gasteiger charge is 2.42. The zero-order chi connectivity index (χ0) is 21.5. The van der Waals surface area contributed by atoms with Crippen LogP contribution >= 0.6 is 0 Å². The zero-order valence-corrected chi connectivity index (χ0v) is 19.5. The summed E-state index contributed by atoms with van der Waals surface area (Å²) in [6.45, 7) is 5.41. The topological polar surface area (TPSA) is 34.5 Å². The van der Waals surface area contributed by atoms with Gasteiger partial charge in [0.1, 0.15) is 6.10 Å². The highest BCUT2D eigenvalue weighted by molar-refractivity contribution is 5.89. The fourth-order valence-electron chi connectivity index (χ4n) is 6.67. The van der Waals surface area contributed by atoms with Crippen molar-refractivity contribution in [1.82, 2.24) is 9.47 Å². The fraction of sp³-hybridized carbons (Fsp3) is 0.667. The Bertz CT molecular complexity index is 938. The quantitative estimate of drug-likeness (QED) is 0.568. The van der Waals surface area contributed by atoms with E-state index in [2.05, 4.69) is 54.8 Å². The number of esters is 1. The number of likely N-dealkylation sites (N-methyl/N-ethyl adjacent to an activating group) is 1. The van der Waals surface area contributed by atoms with E-state index in [1.807, 2.05) is 0 Å². The maximum absolute atomic E-state index is 13.1. The van der Waals surface area contributed by atoms with E-state index < -0.39 is 0 Å². The summed E-state index contributed by atoms with van der Waals surface area (Å²) in [6, 6.07) is 7.88. The third kappa shape index (κ3) is 3.71. The van der Waals surface area contributed by atoms with Crippen molar-refractivity contribution in [2.75, 3.05) is 13.6 Å². The van der Waals surface area contributed by atoms with Gasteiger partial charge in [0.2, 0.25) is 0 Å². The average molecular weight is 423 g/mol. The summed E-state index contributed by atoms with van der Waals surface area (Å²) in [6.07, 6.45) is 12.7. The number of hydrogen-bond acceptors (Lipinski definition) is 3. The van der Waals surface area contributed by atoms with Crippen molar-refractivity contribution in [3.8, 4) is 0 Å². The summed E-state index contributed by atoms with van der Waals surface area (Å²) in [5.41, 5.74) is 4.33. The van der Waals surface area contributed by atoms with E-state index in [-0.39, 0.29) is 18.0 Å². The lowest BCUT2D eigenvalue weighted by molar-refractivity contribution is -0.158. The Morgan fingerprint density at radius 2 is 1.94 bits per heavy atom. The second-order valence-electron chi connectivity index (χ2n) is 10.2. The summed E-state index contributed by atoms with van der Waals surface area (Å²) in [4.78, 5) is 15.5. The van der Waals surface area contributed by atoms with Crippen LogP contribution in [-0.4, -0.2) is 41.2 Å². The minimum Gasteiger partial charge on any atom is -0.462 e. The van der Waals surface area contributed by atoms with Gasteiger partial charge in [0.05, 0.1) is 5.92 Å². The Morgan fingerprint density at radius 1 is 1.16 bits per heavy atom. The first-order valence-electron chi connectivity index (χ1n) is 12.6. The Morgan fingerprint density at radius 3 is 2.68 bits per heavy atom. The summed E-state index contributed by atoms with van der Waals surface area (Å²) < 4.78 is 8.52. The summed E-state index contributed by atoms with van der Waals surface area (Å²) in [5.74, 6) is 0.451. The van der Waals surface area contributed by atoms with Crippen LogP contribution in [0.3, 0.4) is 0 Å². The Hall–Kier alpha value is -1.81. The molecule has 3 aliphatic rings. The Labute approximate surface area is 186 Å². The molecule has 2 aromatic rings. The molecule has 2 aliphatic carbocycles. The predicted octanol–water partition coefficient (Wildman–Crippen LogP) is 5.84. The molecule has 0 N–H and O–H groups in total. The second-order valence-corrected chi connectivity index (χ2v) is 10.2. The normalized spacial score (nSPS) is 26.9. The number of hydrogen-bond donors (Lipinski definition) is 0. The first-order valence-corrected chi connectivity index (χ1v) is 12.6. The number of carbonyl (C=O) groups excluding carboxylic acids is 1. The van der Waals surface area contributed by atoms with Gasteiger partial charge in [-0.25, -0.2) is 0 Å². The molecule has 4 heteroatoms. The lowest BCUT2D eigenvalue weighted by Gasteiger charge is -2.45. The van der Waals surface area contributed by atoms with Crippen LogP contribution < -0.4 is 0 Å². The molecule has 31 heavy (non-hydrogen) atoms. The number of benzene rings is 1. The molecular formula is C27H38N2O2. The molecule has 0 radical (unpaired) electrons. The van der Waals surface area contributed by atoms with E-state index in [1.165, 1.54) is 41.3 Å². The number of likely N-dealkylation sites (tertiary alicyclic amines) is 1. The second kappa shape index (κ2) is 8.61. The largest absolute Gasteiger partial charge is 0.462 e. The molecule has 5 rings (SSSR count). The van der Waals surface area contributed by atoms with E-state index in [4.69, 9.17) is 4.74 Å². The lowest BCUT2D eigenvalue weighted by Crippen LogP contribution is -2.50. The van der Waals surface area contributed by atoms with E-state index in [0.29, 0.717) is 18.0 Å². The van der Waals surface area contributed by atoms with Gasteiger partial charge in [-0.05, 0) is 75.6 Å². The monoisotopic (exact) mass is 422 g/mol. The van der Waals surface area contributed by atoms with Gasteiger partial charge in [-0.15, -0.1) is 0 Å². The number of aromatic nitrogens is 1. The lowest BCUT2D eigenvalue weighted by atomic mass is 9.72. The third-order valence-electron chi connectivity index (χ3n) is 8.38. The van der Waals surface area contributed by atoms with Crippen molar-refractivity contribution in [2.24, 2.45) is 5.92 Å². The number of fused-ring (bicyclic) bond motifs is 2. The zero-order valence-electron chi connectivity index (χ0n) is 19.5. The molecule has 2 unspecified atom stereocenters. The van der Waals surface area contributed by atoms with Crippen LogP contribution in [0.15, 0.2) is 24.4 Å². The van der Waals surface area contributed by atoms with Gasteiger partial charge in [-0.1, -0.05) is 32.4 Å².